The van der Waals surface area contributed by atoms with E-state index in [9.17, 15) is 19.2 Å². The number of nitrogens with one attached hydrogen (secondary N) is 2. The van der Waals surface area contributed by atoms with Crippen LogP contribution in [-0.4, -0.2) is 60.7 Å². The maximum absolute atomic E-state index is 13.4. The summed E-state index contributed by atoms with van der Waals surface area (Å²) < 4.78 is 17.7. The van der Waals surface area contributed by atoms with Gasteiger partial charge in [-0.3, -0.25) is 9.59 Å². The molecule has 230 valence electrons. The fraction of sp³-hybridized carbons (Fsp3) is 0.233. The zero-order valence-electron chi connectivity index (χ0n) is 24.0. The molecule has 6 rings (SSSR count). The van der Waals surface area contributed by atoms with E-state index in [-0.39, 0.29) is 23.8 Å². The second kappa shape index (κ2) is 12.2. The highest BCUT2D eigenvalue weighted by molar-refractivity contribution is 6.31. The van der Waals surface area contributed by atoms with E-state index >= 15 is 0 Å². The van der Waals surface area contributed by atoms with Crippen LogP contribution in [0.4, 0.5) is 10.5 Å². The molecule has 0 spiro atoms. The number of pyridine rings is 1. The van der Waals surface area contributed by atoms with Gasteiger partial charge >= 0.3 is 12.1 Å². The third-order valence-electron chi connectivity index (χ3n) is 7.21. The topological polar surface area (TPSA) is 172 Å². The highest BCUT2D eigenvalue weighted by Gasteiger charge is 2.30. The number of nitrogens with zero attached hydrogens (tertiary/aromatic N) is 5. The summed E-state index contributed by atoms with van der Waals surface area (Å²) >= 11 is 6.28. The van der Waals surface area contributed by atoms with Crippen molar-refractivity contribution in [3.05, 3.63) is 87.7 Å². The molecule has 1 aliphatic rings. The number of hydrogen-bond donors (Lipinski definition) is 2. The maximum Gasteiger partial charge on any atom is 0.511 e. The molecule has 4 heterocycles. The van der Waals surface area contributed by atoms with Crippen LogP contribution in [0.3, 0.4) is 0 Å². The Hall–Kier alpha value is -5.50. The van der Waals surface area contributed by atoms with Crippen LogP contribution in [0.2, 0.25) is 5.02 Å². The molecule has 0 bridgehead atoms. The highest BCUT2D eigenvalue weighted by Crippen LogP contribution is 2.33. The molecule has 2 atom stereocenters. The number of esters is 1. The van der Waals surface area contributed by atoms with Gasteiger partial charge in [0.2, 0.25) is 12.2 Å². The average Bonchev–Trinajstić information content (AvgIpc) is 3.77. The van der Waals surface area contributed by atoms with Gasteiger partial charge in [0.05, 0.1) is 12.3 Å². The summed E-state index contributed by atoms with van der Waals surface area (Å²) in [6, 6.07) is 14.5. The van der Waals surface area contributed by atoms with Crippen molar-refractivity contribution >= 4 is 46.2 Å². The zero-order valence-corrected chi connectivity index (χ0v) is 24.8. The molecule has 15 heteroatoms. The minimum atomic E-state index is -1.16. The van der Waals surface area contributed by atoms with Gasteiger partial charge in [0.25, 0.3) is 5.56 Å². The summed E-state index contributed by atoms with van der Waals surface area (Å²) in [5.74, 6) is -1.09. The second-order valence-corrected chi connectivity index (χ2v) is 10.6. The minimum Gasteiger partial charge on any atom is -0.435 e. The Bertz CT molecular complexity index is 1990. The van der Waals surface area contributed by atoms with Gasteiger partial charge in [-0.05, 0) is 84.3 Å². The molecule has 0 fully saturated rings. The second-order valence-electron chi connectivity index (χ2n) is 10.2. The van der Waals surface area contributed by atoms with E-state index in [1.54, 1.807) is 49.4 Å². The normalized spacial score (nSPS) is 14.5. The monoisotopic (exact) mass is 631 g/mol. The molecule has 2 aromatic carbocycles. The molecule has 1 amide bonds. The van der Waals surface area contributed by atoms with Crippen LogP contribution < -0.4 is 10.9 Å². The predicted octanol–water partition coefficient (Wildman–Crippen LogP) is 4.43. The van der Waals surface area contributed by atoms with E-state index in [1.165, 1.54) is 28.6 Å². The van der Waals surface area contributed by atoms with E-state index in [2.05, 4.69) is 30.6 Å². The lowest BCUT2D eigenvalue weighted by Gasteiger charge is -2.16. The molecular weight excluding hydrogens is 606 g/mol. The molecule has 1 aliphatic heterocycles. The number of aromatic amines is 1. The van der Waals surface area contributed by atoms with Crippen LogP contribution in [0.15, 0.2) is 65.7 Å². The lowest BCUT2D eigenvalue weighted by Crippen LogP contribution is -2.31. The number of H-pyrrole nitrogens is 1. The number of tetrazole rings is 1. The number of amides is 1. The van der Waals surface area contributed by atoms with E-state index in [0.29, 0.717) is 57.0 Å². The van der Waals surface area contributed by atoms with Crippen LogP contribution in [-0.2, 0) is 25.4 Å². The van der Waals surface area contributed by atoms with Crippen molar-refractivity contribution < 1.29 is 28.6 Å². The number of ether oxygens (including phenoxy) is 3. The van der Waals surface area contributed by atoms with Gasteiger partial charge in [0.15, 0.2) is 0 Å². The number of carbonyl (C=O) groups excluding carboxylic acids is 3. The Kier molecular flexibility index (Phi) is 8.04. The number of aromatic nitrogens is 6. The molecule has 0 saturated carbocycles. The van der Waals surface area contributed by atoms with Gasteiger partial charge in [0.1, 0.15) is 18.1 Å². The number of fused-ring (bicyclic) bond motifs is 2. The standard InChI is InChI=1S/C30H26ClN7O7/c1-3-43-30(42)45-16(2)44-29(41)24-12-18-10-20(5-7-23(18)34-24)33-28(40)26-9-6-21-11-17(13-27(39)38(21)26)22-14-19(31)4-8-25(22)37-15-32-35-36-37/h4-5,7-8,10-16,26,34H,3,6,9H2,1-2H3,(H,33,40)/t16?,26-/m0/s1. The SMILES string of the molecule is CCOC(=O)OC(C)OC(=O)c1cc2cc(NC(=O)[C@@H]3CCc4cc(-c5cc(Cl)ccc5-n5cnnn5)cc(=O)n43)ccc2[nH]1. The van der Waals surface area contributed by atoms with Gasteiger partial charge in [-0.2, -0.15) is 4.68 Å². The zero-order chi connectivity index (χ0) is 31.7. The third kappa shape index (κ3) is 6.13. The minimum absolute atomic E-state index is 0.125. The van der Waals surface area contributed by atoms with Crippen molar-refractivity contribution in [2.75, 3.05) is 11.9 Å². The highest BCUT2D eigenvalue weighted by atomic mass is 35.5. The Morgan fingerprint density at radius 1 is 1.11 bits per heavy atom. The molecule has 5 aromatic rings. The van der Waals surface area contributed by atoms with Gasteiger partial charge in [-0.15, -0.1) is 5.10 Å². The summed E-state index contributed by atoms with van der Waals surface area (Å²) in [6.45, 7) is 3.14. The first-order valence-corrected chi connectivity index (χ1v) is 14.3. The summed E-state index contributed by atoms with van der Waals surface area (Å²) in [4.78, 5) is 53.7. The summed E-state index contributed by atoms with van der Waals surface area (Å²) in [5.41, 5.74) is 3.57. The van der Waals surface area contributed by atoms with Gasteiger partial charge in [0, 0.05) is 45.9 Å². The smallest absolute Gasteiger partial charge is 0.435 e. The van der Waals surface area contributed by atoms with Gasteiger partial charge in [-0.1, -0.05) is 11.6 Å². The van der Waals surface area contributed by atoms with Crippen molar-refractivity contribution in [2.45, 2.75) is 39.0 Å². The Labute approximate surface area is 259 Å². The Morgan fingerprint density at radius 2 is 1.96 bits per heavy atom. The fourth-order valence-electron chi connectivity index (χ4n) is 5.28. The Morgan fingerprint density at radius 3 is 2.73 bits per heavy atom. The summed E-state index contributed by atoms with van der Waals surface area (Å²) in [6.07, 6.45) is 0.301. The Balaban J connectivity index is 1.18. The molecule has 2 N–H and O–H groups in total. The van der Waals surface area contributed by atoms with Crippen LogP contribution in [0.5, 0.6) is 0 Å². The van der Waals surface area contributed by atoms with E-state index in [0.717, 1.165) is 0 Å². The molecule has 45 heavy (non-hydrogen) atoms. The summed E-state index contributed by atoms with van der Waals surface area (Å²) in [5, 5.41) is 15.3. The largest absolute Gasteiger partial charge is 0.511 e. The van der Waals surface area contributed by atoms with E-state index < -0.39 is 24.5 Å². The number of halogens is 1. The molecule has 0 saturated heterocycles. The molecule has 0 aliphatic carbocycles. The number of aryl methyl sites for hydroxylation is 1. The van der Waals surface area contributed by atoms with Crippen molar-refractivity contribution in [2.24, 2.45) is 0 Å². The number of anilines is 1. The quantitative estimate of drug-likeness (QED) is 0.184. The van der Waals surface area contributed by atoms with Crippen molar-refractivity contribution in [1.29, 1.82) is 0 Å². The average molecular weight is 632 g/mol. The van der Waals surface area contributed by atoms with Crippen molar-refractivity contribution in [3.63, 3.8) is 0 Å². The number of carbonyl (C=O) groups is 3. The third-order valence-corrected chi connectivity index (χ3v) is 7.44. The first-order valence-electron chi connectivity index (χ1n) is 14.0. The molecule has 0 radical (unpaired) electrons. The first kappa shape index (κ1) is 29.6. The number of hydrogen-bond acceptors (Lipinski definition) is 10. The van der Waals surface area contributed by atoms with Gasteiger partial charge in [-0.25, -0.2) is 9.59 Å². The van der Waals surface area contributed by atoms with Crippen molar-refractivity contribution in [3.8, 4) is 16.8 Å². The molecule has 1 unspecified atom stereocenters. The van der Waals surface area contributed by atoms with Crippen molar-refractivity contribution in [1.82, 2.24) is 29.8 Å². The fourth-order valence-corrected chi connectivity index (χ4v) is 5.45. The van der Waals surface area contributed by atoms with E-state index in [4.69, 9.17) is 21.1 Å². The first-order chi connectivity index (χ1) is 21.7. The number of benzene rings is 2. The van der Waals surface area contributed by atoms with Gasteiger partial charge < -0.3 is 29.1 Å². The van der Waals surface area contributed by atoms with Crippen LogP contribution in [0.1, 0.15) is 42.5 Å². The molecule has 3 aromatic heterocycles. The van der Waals surface area contributed by atoms with E-state index in [1.807, 2.05) is 6.07 Å². The molecular formula is C30H26ClN7O7. The lowest BCUT2D eigenvalue weighted by atomic mass is 10.0. The maximum atomic E-state index is 13.4. The summed E-state index contributed by atoms with van der Waals surface area (Å²) in [7, 11) is 0. The number of rotatable bonds is 8. The predicted molar refractivity (Wildman–Crippen MR) is 161 cm³/mol. The molecule has 14 nitrogen and oxygen atoms in total. The lowest BCUT2D eigenvalue weighted by molar-refractivity contribution is -0.119. The van der Waals surface area contributed by atoms with Crippen LogP contribution in [0, 0.1) is 0 Å². The van der Waals surface area contributed by atoms with Crippen LogP contribution >= 0.6 is 11.6 Å². The van der Waals surface area contributed by atoms with Crippen LogP contribution in [0.25, 0.3) is 27.7 Å².